The van der Waals surface area contributed by atoms with Gasteiger partial charge in [-0.1, -0.05) is 73.1 Å². The van der Waals surface area contributed by atoms with Gasteiger partial charge in [0.1, 0.15) is 5.67 Å². The lowest BCUT2D eigenvalue weighted by atomic mass is 9.77. The van der Waals surface area contributed by atoms with Crippen LogP contribution in [0.4, 0.5) is 13.2 Å². The van der Waals surface area contributed by atoms with Crippen molar-refractivity contribution in [2.24, 2.45) is 28.6 Å². The van der Waals surface area contributed by atoms with Gasteiger partial charge in [-0.3, -0.25) is 0 Å². The zero-order valence-corrected chi connectivity index (χ0v) is 63.4. The first-order valence-electron chi connectivity index (χ1n) is 37.5. The van der Waals surface area contributed by atoms with Crippen LogP contribution in [0.5, 0.6) is 0 Å². The van der Waals surface area contributed by atoms with Gasteiger partial charge in [-0.15, -0.1) is 0 Å². The van der Waals surface area contributed by atoms with E-state index in [-0.39, 0.29) is 18.4 Å². The van der Waals surface area contributed by atoms with E-state index in [9.17, 15) is 18.3 Å². The smallest absolute Gasteiger partial charge is 0.250 e. The predicted molar refractivity (Wildman–Crippen MR) is 384 cm³/mol. The number of likely N-dealkylation sites (tertiary alicyclic amines) is 8. The number of aliphatic hydroxyl groups is 1. The minimum atomic E-state index is -2.38. The Bertz CT molecular complexity index is 1640. The van der Waals surface area contributed by atoms with Crippen molar-refractivity contribution in [3.8, 4) is 0 Å². The standard InChI is InChI=1S/C7H15NO.C7H13N.C7H15N.C7H14O.C6H11F2N.C6H12FN.4C6H13N.C6H12.C5H11N/c1-8(2)6-7-4-3-5-9-7;1-8-5-4-7(6-8)2-3-7;1-7(2)4-5-8(3)6-7;1-2-4-7(8)5-3-6-7;1-9-4-2-6(7,8)3-5-9;1-6(7)3-4-8(2)5-6;1-7(2)5-6-3-4-6;1-6-3-4-7(2)5-6;1-6-4-3-5-7(6)2;1-7-5-3-2-4-6-7;1-2-3-6-4-5-6;1-6-4-2-3-5-6/h7H,3-6H2,1-2H3;2-6H2,1H3;4-6H2,1-3H3;8H,2-6H2,1H3;2-5H2,1H3;3-5H2,1-2H3;3*6H,3-5H2,1-2H3;2-6H2,1H3;6H,2-5H2,1H3;2-5H2,1H3. The van der Waals surface area contributed by atoms with Gasteiger partial charge in [-0.05, 0) is 308 Å². The van der Waals surface area contributed by atoms with E-state index in [0.717, 1.165) is 74.6 Å². The Morgan fingerprint density at radius 2 is 0.967 bits per heavy atom. The number of rotatable bonds is 8. The number of likely N-dealkylation sites (N-methyl/N-ethyl adjacent to an activating group) is 1. The molecule has 0 aromatic heterocycles. The average molecular weight is 1290 g/mol. The summed E-state index contributed by atoms with van der Waals surface area (Å²) in [5.74, 6) is 0.766. The van der Waals surface area contributed by atoms with Crippen molar-refractivity contribution >= 4 is 0 Å². The van der Waals surface area contributed by atoms with Crippen LogP contribution in [-0.4, -0.2) is 286 Å². The summed E-state index contributed by atoms with van der Waals surface area (Å²) in [6.07, 6.45) is 35.2. The van der Waals surface area contributed by atoms with Crippen molar-refractivity contribution < 1.29 is 23.0 Å². The van der Waals surface area contributed by atoms with Crippen LogP contribution in [0.3, 0.4) is 0 Å². The van der Waals surface area contributed by atoms with E-state index >= 15 is 0 Å². The maximum Gasteiger partial charge on any atom is 0.250 e. The lowest BCUT2D eigenvalue weighted by molar-refractivity contribution is -0.0504. The van der Waals surface area contributed by atoms with Crippen LogP contribution in [0.2, 0.25) is 0 Å². The fourth-order valence-electron chi connectivity index (χ4n) is 13.5. The van der Waals surface area contributed by atoms with E-state index in [0.29, 0.717) is 37.6 Å². The Kier molecular flexibility index (Phi) is 43.4. The SMILES string of the molecule is CC1CCCN1C.CC1CCN(C)C1.CCCC1(O)CCC1.CCCC1CC1.CN(C)CC1CC1.CN(C)CC1CCCO1.CN1CCC(C)(C)C1.CN1CCC(C)(F)C1.CN1CCC(F)(F)CC1.CN1CCC2(CC2)C1.CN1CCCC1.CN1CCCCC1. The fourth-order valence-corrected chi connectivity index (χ4v) is 13.5. The maximum absolute atomic E-state index is 12.8. The van der Waals surface area contributed by atoms with Gasteiger partial charge >= 0.3 is 0 Å². The van der Waals surface area contributed by atoms with Crippen molar-refractivity contribution in [2.75, 3.05) is 202 Å². The molecule has 9 saturated heterocycles. The minimum absolute atomic E-state index is 0.0312. The maximum atomic E-state index is 12.8. The molecule has 9 heterocycles. The Hall–Kier alpha value is -0.690. The van der Waals surface area contributed by atoms with Crippen LogP contribution in [-0.2, 0) is 4.74 Å². The van der Waals surface area contributed by atoms with E-state index in [1.165, 1.54) is 213 Å². The third kappa shape index (κ3) is 45.7. The molecule has 0 bridgehead atoms. The van der Waals surface area contributed by atoms with Crippen molar-refractivity contribution in [1.29, 1.82) is 0 Å². The average Bonchev–Trinajstić information content (AvgIpc) is 1.79. The molecule has 12 nitrogen and oxygen atoms in total. The second kappa shape index (κ2) is 45.7. The lowest BCUT2D eigenvalue weighted by Gasteiger charge is -2.36. The Morgan fingerprint density at radius 3 is 1.17 bits per heavy atom. The third-order valence-electron chi connectivity index (χ3n) is 20.5. The number of ether oxygens (including phenoxy) is 1. The molecule has 13 rings (SSSR count). The molecule has 4 unspecified atom stereocenters. The van der Waals surface area contributed by atoms with Gasteiger partial charge in [0, 0.05) is 84.4 Å². The van der Waals surface area contributed by atoms with Gasteiger partial charge in [-0.2, -0.15) is 0 Å². The van der Waals surface area contributed by atoms with Crippen molar-refractivity contribution in [2.45, 2.75) is 258 Å². The largest absolute Gasteiger partial charge is 0.390 e. The molecule has 0 aromatic carbocycles. The van der Waals surface area contributed by atoms with Crippen LogP contribution in [0, 0.1) is 28.6 Å². The molecule has 9 aliphatic heterocycles. The van der Waals surface area contributed by atoms with Gasteiger partial charge in [0.2, 0.25) is 0 Å². The molecule has 15 heteroatoms. The summed E-state index contributed by atoms with van der Waals surface area (Å²) in [6, 6.07) is 0.847. The first-order chi connectivity index (χ1) is 42.3. The molecule has 1 N–H and O–H groups in total. The van der Waals surface area contributed by atoms with E-state index in [4.69, 9.17) is 4.74 Å². The van der Waals surface area contributed by atoms with Crippen molar-refractivity contribution in [3.05, 3.63) is 0 Å². The second-order valence-corrected chi connectivity index (χ2v) is 32.9. The summed E-state index contributed by atoms with van der Waals surface area (Å²) in [5, 5.41) is 9.41. The molecular formula is C75H155F3N10O2. The van der Waals surface area contributed by atoms with Gasteiger partial charge in [0.15, 0.2) is 0 Å². The number of hydrogen-bond acceptors (Lipinski definition) is 12. The fraction of sp³-hybridized carbons (Fsp3) is 1.00. The number of nitrogens with zero attached hydrogens (tertiary/aromatic N) is 10. The van der Waals surface area contributed by atoms with Crippen LogP contribution in [0.1, 0.15) is 228 Å². The molecular weight excluding hydrogens is 1130 g/mol. The molecule has 13 fully saturated rings. The number of piperidine rings is 2. The van der Waals surface area contributed by atoms with E-state index < -0.39 is 11.6 Å². The van der Waals surface area contributed by atoms with Crippen molar-refractivity contribution in [1.82, 2.24) is 49.0 Å². The Balaban J connectivity index is 0.000000335. The highest BCUT2D eigenvalue weighted by Crippen LogP contribution is 2.52. The minimum Gasteiger partial charge on any atom is -0.390 e. The van der Waals surface area contributed by atoms with E-state index in [1.807, 2.05) is 23.9 Å². The summed E-state index contributed by atoms with van der Waals surface area (Å²) in [6.45, 7) is 35.7. The first-order valence-corrected chi connectivity index (χ1v) is 37.5. The van der Waals surface area contributed by atoms with Gasteiger partial charge < -0.3 is 58.8 Å². The topological polar surface area (TPSA) is 61.9 Å². The highest BCUT2D eigenvalue weighted by Gasteiger charge is 2.46. The predicted octanol–water partition coefficient (Wildman–Crippen LogP) is 14.3. The van der Waals surface area contributed by atoms with Crippen LogP contribution in [0.15, 0.2) is 0 Å². The summed E-state index contributed by atoms with van der Waals surface area (Å²) >= 11 is 0. The van der Waals surface area contributed by atoms with E-state index in [1.54, 1.807) is 6.92 Å². The van der Waals surface area contributed by atoms with Crippen LogP contribution < -0.4 is 0 Å². The van der Waals surface area contributed by atoms with Crippen LogP contribution in [0.25, 0.3) is 0 Å². The van der Waals surface area contributed by atoms with Gasteiger partial charge in [-0.25, -0.2) is 13.2 Å². The molecule has 4 saturated carbocycles. The summed E-state index contributed by atoms with van der Waals surface area (Å²) in [7, 11) is 25.4. The molecule has 13 aliphatic rings. The summed E-state index contributed by atoms with van der Waals surface area (Å²) in [4.78, 5) is 22.8. The highest BCUT2D eigenvalue weighted by molar-refractivity contribution is 4.99. The lowest BCUT2D eigenvalue weighted by Crippen LogP contribution is -2.36. The normalized spacial score (nSPS) is 29.1. The first kappa shape index (κ1) is 85.4. The van der Waals surface area contributed by atoms with Gasteiger partial charge in [0.05, 0.1) is 11.7 Å². The summed E-state index contributed by atoms with van der Waals surface area (Å²) < 4.78 is 42.9. The number of hydrogen-bond donors (Lipinski definition) is 1. The third-order valence-corrected chi connectivity index (χ3v) is 20.5. The summed E-state index contributed by atoms with van der Waals surface area (Å²) in [5.41, 5.74) is 0.299. The molecule has 0 radical (unpaired) electrons. The van der Waals surface area contributed by atoms with Crippen molar-refractivity contribution in [3.63, 3.8) is 0 Å². The molecule has 90 heavy (non-hydrogen) atoms. The molecule has 4 aliphatic carbocycles. The quantitative estimate of drug-likeness (QED) is 0.252. The Morgan fingerprint density at radius 1 is 0.456 bits per heavy atom. The molecule has 538 valence electrons. The molecule has 4 atom stereocenters. The monoisotopic (exact) mass is 1290 g/mol. The number of alkyl halides is 3. The second-order valence-electron chi connectivity index (χ2n) is 32.9. The Labute approximate surface area is 558 Å². The van der Waals surface area contributed by atoms with Crippen LogP contribution >= 0.6 is 0 Å². The number of halogens is 3. The zero-order chi connectivity index (χ0) is 67.4. The molecule has 0 amide bonds. The van der Waals surface area contributed by atoms with E-state index in [2.05, 4.69) is 151 Å². The molecule has 0 aromatic rings. The zero-order valence-electron chi connectivity index (χ0n) is 63.4. The van der Waals surface area contributed by atoms with Gasteiger partial charge in [0.25, 0.3) is 5.92 Å². The molecule has 1 spiro atoms. The highest BCUT2D eigenvalue weighted by atomic mass is 19.3.